The number of carboxylic acids is 2. The normalized spacial score (nSPS) is 10.1. The first-order chi connectivity index (χ1) is 13.4. The van der Waals surface area contributed by atoms with Gasteiger partial charge in [-0.3, -0.25) is 4.79 Å². The first-order valence-electron chi connectivity index (χ1n) is 8.19. The van der Waals surface area contributed by atoms with E-state index in [9.17, 15) is 19.5 Å². The molecule has 0 saturated heterocycles. The van der Waals surface area contributed by atoms with Crippen molar-refractivity contribution in [1.82, 2.24) is 0 Å². The van der Waals surface area contributed by atoms with Gasteiger partial charge in [-0.2, -0.15) is 0 Å². The van der Waals surface area contributed by atoms with Gasteiger partial charge >= 0.3 is 11.9 Å². The third-order valence-electron chi connectivity index (χ3n) is 3.82. The summed E-state index contributed by atoms with van der Waals surface area (Å²) >= 11 is 0. The number of ether oxygens (including phenoxy) is 1. The van der Waals surface area contributed by atoms with Crippen LogP contribution < -0.4 is 10.1 Å². The largest absolute Gasteiger partial charge is 0.478 e. The third kappa shape index (κ3) is 4.34. The monoisotopic (exact) mass is 377 g/mol. The molecule has 0 fully saturated rings. The molecule has 3 aromatic carbocycles. The van der Waals surface area contributed by atoms with E-state index in [0.717, 1.165) is 0 Å². The van der Waals surface area contributed by atoms with Gasteiger partial charge in [-0.25, -0.2) is 9.59 Å². The van der Waals surface area contributed by atoms with Crippen LogP contribution in [0.15, 0.2) is 72.8 Å². The predicted molar refractivity (Wildman–Crippen MR) is 101 cm³/mol. The lowest BCUT2D eigenvalue weighted by molar-refractivity contribution is 0.0686. The molecule has 0 aliphatic rings. The summed E-state index contributed by atoms with van der Waals surface area (Å²) in [5, 5.41) is 21.1. The van der Waals surface area contributed by atoms with Gasteiger partial charge < -0.3 is 20.3 Å². The SMILES string of the molecule is O=C(O)c1cccc(Oc2ccc(NC(=O)c3ccccc3)c(C(=O)O)c2)c1. The Morgan fingerprint density at radius 2 is 1.39 bits per heavy atom. The molecule has 0 saturated carbocycles. The second kappa shape index (κ2) is 8.05. The van der Waals surface area contributed by atoms with Crippen LogP contribution in [0.1, 0.15) is 31.1 Å². The molecule has 1 amide bonds. The van der Waals surface area contributed by atoms with Crippen LogP contribution in [0, 0.1) is 0 Å². The number of rotatable bonds is 6. The minimum atomic E-state index is -1.24. The highest BCUT2D eigenvalue weighted by molar-refractivity contribution is 6.07. The van der Waals surface area contributed by atoms with Gasteiger partial charge in [-0.15, -0.1) is 0 Å². The molecule has 3 N–H and O–H groups in total. The second-order valence-electron chi connectivity index (χ2n) is 5.77. The highest BCUT2D eigenvalue weighted by Gasteiger charge is 2.15. The molecule has 7 heteroatoms. The van der Waals surface area contributed by atoms with Crippen molar-refractivity contribution in [3.05, 3.63) is 89.5 Å². The Labute approximate surface area is 159 Å². The number of aromatic carboxylic acids is 2. The summed E-state index contributed by atoms with van der Waals surface area (Å²) in [6, 6.07) is 18.4. The highest BCUT2D eigenvalue weighted by Crippen LogP contribution is 2.27. The predicted octanol–water partition coefficient (Wildman–Crippen LogP) is 4.13. The van der Waals surface area contributed by atoms with Crippen molar-refractivity contribution >= 4 is 23.5 Å². The molecule has 0 bridgehead atoms. The van der Waals surface area contributed by atoms with Gasteiger partial charge in [0, 0.05) is 5.56 Å². The lowest BCUT2D eigenvalue weighted by Crippen LogP contribution is -2.14. The van der Waals surface area contributed by atoms with Crippen LogP contribution in [0.5, 0.6) is 11.5 Å². The van der Waals surface area contributed by atoms with E-state index in [0.29, 0.717) is 5.56 Å². The van der Waals surface area contributed by atoms with Crippen molar-refractivity contribution in [2.45, 2.75) is 0 Å². The van der Waals surface area contributed by atoms with E-state index < -0.39 is 17.8 Å². The van der Waals surface area contributed by atoms with Crippen LogP contribution >= 0.6 is 0 Å². The van der Waals surface area contributed by atoms with E-state index in [1.807, 2.05) is 0 Å². The van der Waals surface area contributed by atoms with Crippen LogP contribution in [0.3, 0.4) is 0 Å². The Morgan fingerprint density at radius 1 is 0.714 bits per heavy atom. The van der Waals surface area contributed by atoms with Crippen molar-refractivity contribution in [3.8, 4) is 11.5 Å². The molecule has 0 aromatic heterocycles. The average molecular weight is 377 g/mol. The summed E-state index contributed by atoms with van der Waals surface area (Å²) in [4.78, 5) is 34.9. The molecule has 28 heavy (non-hydrogen) atoms. The molecule has 140 valence electrons. The van der Waals surface area contributed by atoms with E-state index >= 15 is 0 Å². The number of nitrogens with one attached hydrogen (secondary N) is 1. The van der Waals surface area contributed by atoms with E-state index in [4.69, 9.17) is 9.84 Å². The molecule has 0 aliphatic heterocycles. The number of hydrogen-bond acceptors (Lipinski definition) is 4. The molecular formula is C21H15NO6. The average Bonchev–Trinajstić information content (AvgIpc) is 2.69. The fourth-order valence-electron chi connectivity index (χ4n) is 2.49. The van der Waals surface area contributed by atoms with Gasteiger partial charge in [-0.1, -0.05) is 24.3 Å². The quantitative estimate of drug-likeness (QED) is 0.595. The topological polar surface area (TPSA) is 113 Å². The maximum atomic E-state index is 12.3. The summed E-state index contributed by atoms with van der Waals surface area (Å²) in [5.74, 6) is -2.34. The van der Waals surface area contributed by atoms with Gasteiger partial charge in [0.15, 0.2) is 0 Å². The standard InChI is InChI=1S/C21H15NO6/c23-19(13-5-2-1-3-6-13)22-18-10-9-16(12-17(18)21(26)27)28-15-8-4-7-14(11-15)20(24)25/h1-12H,(H,22,23)(H,24,25)(H,26,27). The number of carbonyl (C=O) groups excluding carboxylic acids is 1. The Bertz CT molecular complexity index is 1050. The molecule has 0 unspecified atom stereocenters. The van der Waals surface area contributed by atoms with Crippen molar-refractivity contribution in [2.75, 3.05) is 5.32 Å². The van der Waals surface area contributed by atoms with Crippen molar-refractivity contribution in [2.24, 2.45) is 0 Å². The molecule has 0 heterocycles. The van der Waals surface area contributed by atoms with E-state index in [-0.39, 0.29) is 28.3 Å². The number of carbonyl (C=O) groups is 3. The zero-order valence-electron chi connectivity index (χ0n) is 14.5. The lowest BCUT2D eigenvalue weighted by atomic mass is 10.1. The number of benzene rings is 3. The highest BCUT2D eigenvalue weighted by atomic mass is 16.5. The zero-order chi connectivity index (χ0) is 20.1. The van der Waals surface area contributed by atoms with Crippen LogP contribution in [0.4, 0.5) is 5.69 Å². The third-order valence-corrected chi connectivity index (χ3v) is 3.82. The first kappa shape index (κ1) is 18.7. The fourth-order valence-corrected chi connectivity index (χ4v) is 2.49. The number of anilines is 1. The zero-order valence-corrected chi connectivity index (χ0v) is 14.5. The molecule has 0 radical (unpaired) electrons. The van der Waals surface area contributed by atoms with Gasteiger partial charge in [0.2, 0.25) is 0 Å². The summed E-state index contributed by atoms with van der Waals surface area (Å²) in [6.45, 7) is 0. The van der Waals surface area contributed by atoms with E-state index in [2.05, 4.69) is 5.32 Å². The van der Waals surface area contributed by atoms with Crippen LogP contribution in [-0.2, 0) is 0 Å². The minimum absolute atomic E-state index is 0.0442. The fraction of sp³-hybridized carbons (Fsp3) is 0. The van der Waals surface area contributed by atoms with E-state index in [1.54, 1.807) is 36.4 Å². The molecule has 0 aliphatic carbocycles. The lowest BCUT2D eigenvalue weighted by Gasteiger charge is -2.12. The van der Waals surface area contributed by atoms with Crippen LogP contribution in [0.2, 0.25) is 0 Å². The molecular weight excluding hydrogens is 362 g/mol. The number of amides is 1. The van der Waals surface area contributed by atoms with Gasteiger partial charge in [0.1, 0.15) is 11.5 Å². The van der Waals surface area contributed by atoms with Crippen LogP contribution in [-0.4, -0.2) is 28.1 Å². The Balaban J connectivity index is 1.85. The Morgan fingerprint density at radius 3 is 2.07 bits per heavy atom. The molecule has 0 atom stereocenters. The maximum Gasteiger partial charge on any atom is 0.337 e. The first-order valence-corrected chi connectivity index (χ1v) is 8.19. The van der Waals surface area contributed by atoms with Gasteiger partial charge in [0.05, 0.1) is 16.8 Å². The van der Waals surface area contributed by atoms with Crippen LogP contribution in [0.25, 0.3) is 0 Å². The van der Waals surface area contributed by atoms with Crippen molar-refractivity contribution < 1.29 is 29.3 Å². The smallest absolute Gasteiger partial charge is 0.337 e. The summed E-state index contributed by atoms with van der Waals surface area (Å²) in [7, 11) is 0. The Kier molecular flexibility index (Phi) is 5.36. The number of carboxylic acid groups (broad SMARTS) is 2. The van der Waals surface area contributed by atoms with Gasteiger partial charge in [0.25, 0.3) is 5.91 Å². The molecule has 3 aromatic rings. The van der Waals surface area contributed by atoms with Crippen molar-refractivity contribution in [3.63, 3.8) is 0 Å². The molecule has 7 nitrogen and oxygen atoms in total. The summed E-state index contributed by atoms with van der Waals surface area (Å²) in [5.41, 5.74) is 0.400. The number of hydrogen-bond donors (Lipinski definition) is 3. The summed E-state index contributed by atoms with van der Waals surface area (Å²) in [6.07, 6.45) is 0. The minimum Gasteiger partial charge on any atom is -0.478 e. The molecule has 0 spiro atoms. The maximum absolute atomic E-state index is 12.3. The van der Waals surface area contributed by atoms with Crippen molar-refractivity contribution in [1.29, 1.82) is 0 Å². The Hall–Kier alpha value is -4.13. The summed E-state index contributed by atoms with van der Waals surface area (Å²) < 4.78 is 5.57. The van der Waals surface area contributed by atoms with Gasteiger partial charge in [-0.05, 0) is 48.5 Å². The van der Waals surface area contributed by atoms with E-state index in [1.165, 1.54) is 36.4 Å². The second-order valence-corrected chi connectivity index (χ2v) is 5.77. The molecule has 3 rings (SSSR count).